The zero-order valence-corrected chi connectivity index (χ0v) is 12.6. The molecule has 0 bridgehead atoms. The first-order valence-electron chi connectivity index (χ1n) is 6.57. The van der Waals surface area contributed by atoms with E-state index in [0.717, 1.165) is 30.8 Å². The second-order valence-electron chi connectivity index (χ2n) is 4.48. The molecule has 3 unspecified atom stereocenters. The van der Waals surface area contributed by atoms with E-state index in [4.69, 9.17) is 0 Å². The third-order valence-corrected chi connectivity index (χ3v) is 6.53. The maximum absolute atomic E-state index is 10.6. The minimum Gasteiger partial charge on any atom is -0.386 e. The number of aliphatic hydroxyl groups excluding tert-OH is 1. The highest BCUT2D eigenvalue weighted by molar-refractivity contribution is 8.07. The molecule has 0 aliphatic carbocycles. The molecule has 1 saturated heterocycles. The lowest BCUT2D eigenvalue weighted by Gasteiger charge is -2.33. The third kappa shape index (κ3) is 3.03. The van der Waals surface area contributed by atoms with E-state index in [1.807, 2.05) is 28.2 Å². The molecule has 1 fully saturated rings. The zero-order valence-electron chi connectivity index (χ0n) is 11.0. The monoisotopic (exact) mass is 287 g/mol. The van der Waals surface area contributed by atoms with Crippen molar-refractivity contribution in [3.63, 3.8) is 0 Å². The van der Waals surface area contributed by atoms with Crippen molar-refractivity contribution in [3.8, 4) is 0 Å². The van der Waals surface area contributed by atoms with Crippen LogP contribution in [0.15, 0.2) is 6.20 Å². The maximum Gasteiger partial charge on any atom is 0.110 e. The van der Waals surface area contributed by atoms with Gasteiger partial charge in [0.15, 0.2) is 0 Å². The summed E-state index contributed by atoms with van der Waals surface area (Å²) in [4.78, 5) is 0. The Bertz CT molecular complexity index is 372. The van der Waals surface area contributed by atoms with Crippen LogP contribution in [0.3, 0.4) is 0 Å². The molecule has 1 aromatic heterocycles. The number of aromatic nitrogens is 3. The molecule has 1 aliphatic heterocycles. The second-order valence-corrected chi connectivity index (χ2v) is 7.11. The van der Waals surface area contributed by atoms with Gasteiger partial charge in [0.2, 0.25) is 0 Å². The SMILES string of the molecule is CCCn1nncc1C(O)C1SCCSC1CC. The molecular weight excluding hydrogens is 266 g/mol. The van der Waals surface area contributed by atoms with E-state index in [1.54, 1.807) is 6.20 Å². The summed E-state index contributed by atoms with van der Waals surface area (Å²) < 4.78 is 1.84. The van der Waals surface area contributed by atoms with Crippen molar-refractivity contribution in [1.82, 2.24) is 15.0 Å². The molecular formula is C12H21N3OS2. The van der Waals surface area contributed by atoms with Gasteiger partial charge < -0.3 is 5.11 Å². The zero-order chi connectivity index (χ0) is 13.0. The van der Waals surface area contributed by atoms with E-state index >= 15 is 0 Å². The summed E-state index contributed by atoms with van der Waals surface area (Å²) in [6, 6.07) is 0. The number of aliphatic hydroxyl groups is 1. The standard InChI is InChI=1S/C12H21N3OS2/c1-3-5-15-9(8-13-14-15)11(16)12-10(4-2)17-6-7-18-12/h8,10-12,16H,3-7H2,1-2H3. The lowest BCUT2D eigenvalue weighted by atomic mass is 10.1. The van der Waals surface area contributed by atoms with Crippen molar-refractivity contribution in [1.29, 1.82) is 0 Å². The summed E-state index contributed by atoms with van der Waals surface area (Å²) in [5.74, 6) is 2.32. The van der Waals surface area contributed by atoms with Crippen molar-refractivity contribution >= 4 is 23.5 Å². The molecule has 102 valence electrons. The first kappa shape index (κ1) is 14.2. The van der Waals surface area contributed by atoms with Crippen LogP contribution in [-0.4, -0.2) is 42.1 Å². The first-order valence-corrected chi connectivity index (χ1v) is 8.67. The van der Waals surface area contributed by atoms with Gasteiger partial charge in [-0.2, -0.15) is 23.5 Å². The van der Waals surface area contributed by atoms with Gasteiger partial charge >= 0.3 is 0 Å². The quantitative estimate of drug-likeness (QED) is 0.901. The van der Waals surface area contributed by atoms with Crippen LogP contribution in [0.1, 0.15) is 38.5 Å². The number of aryl methyl sites for hydroxylation is 1. The van der Waals surface area contributed by atoms with E-state index in [0.29, 0.717) is 5.25 Å². The molecule has 0 spiro atoms. The van der Waals surface area contributed by atoms with Gasteiger partial charge in [0.25, 0.3) is 0 Å². The Morgan fingerprint density at radius 1 is 1.44 bits per heavy atom. The molecule has 1 N–H and O–H groups in total. The van der Waals surface area contributed by atoms with Crippen molar-refractivity contribution in [2.45, 2.75) is 49.8 Å². The van der Waals surface area contributed by atoms with E-state index in [-0.39, 0.29) is 5.25 Å². The van der Waals surface area contributed by atoms with Gasteiger partial charge in [-0.1, -0.05) is 19.1 Å². The van der Waals surface area contributed by atoms with Crippen molar-refractivity contribution in [2.24, 2.45) is 0 Å². The van der Waals surface area contributed by atoms with Gasteiger partial charge in [0, 0.05) is 28.6 Å². The molecule has 4 nitrogen and oxygen atoms in total. The predicted octanol–water partition coefficient (Wildman–Crippen LogP) is 2.35. The number of rotatable bonds is 5. The fourth-order valence-electron chi connectivity index (χ4n) is 2.28. The predicted molar refractivity (Wildman–Crippen MR) is 78.1 cm³/mol. The number of nitrogens with zero attached hydrogens (tertiary/aromatic N) is 3. The second kappa shape index (κ2) is 6.82. The molecule has 2 heterocycles. The fraction of sp³-hybridized carbons (Fsp3) is 0.833. The number of hydrogen-bond acceptors (Lipinski definition) is 5. The van der Waals surface area contributed by atoms with Crippen LogP contribution in [-0.2, 0) is 6.54 Å². The summed E-state index contributed by atoms with van der Waals surface area (Å²) in [5.41, 5.74) is 0.871. The summed E-state index contributed by atoms with van der Waals surface area (Å²) >= 11 is 3.87. The van der Waals surface area contributed by atoms with Crippen molar-refractivity contribution < 1.29 is 5.11 Å². The van der Waals surface area contributed by atoms with E-state index in [9.17, 15) is 5.11 Å². The lowest BCUT2D eigenvalue weighted by Crippen LogP contribution is -2.32. The highest BCUT2D eigenvalue weighted by Gasteiger charge is 2.33. The third-order valence-electron chi connectivity index (χ3n) is 3.19. The summed E-state index contributed by atoms with van der Waals surface area (Å²) in [6.45, 7) is 5.14. The molecule has 0 radical (unpaired) electrons. The van der Waals surface area contributed by atoms with Crippen LogP contribution in [0.2, 0.25) is 0 Å². The molecule has 0 aromatic carbocycles. The van der Waals surface area contributed by atoms with Gasteiger partial charge in [-0.05, 0) is 12.8 Å². The molecule has 1 aliphatic rings. The normalized spacial score (nSPS) is 26.2. The summed E-state index contributed by atoms with van der Waals surface area (Å²) in [5, 5.41) is 19.4. The molecule has 18 heavy (non-hydrogen) atoms. The molecule has 0 amide bonds. The Morgan fingerprint density at radius 2 is 2.22 bits per heavy atom. The summed E-state index contributed by atoms with van der Waals surface area (Å²) in [6.07, 6.45) is 3.38. The van der Waals surface area contributed by atoms with Crippen LogP contribution in [0.4, 0.5) is 0 Å². The Balaban J connectivity index is 2.13. The summed E-state index contributed by atoms with van der Waals surface area (Å²) in [7, 11) is 0. The number of hydrogen-bond donors (Lipinski definition) is 1. The Hall–Kier alpha value is -0.200. The Kier molecular flexibility index (Phi) is 5.38. The van der Waals surface area contributed by atoms with Gasteiger partial charge in [-0.3, -0.25) is 0 Å². The van der Waals surface area contributed by atoms with Crippen LogP contribution < -0.4 is 0 Å². The van der Waals surface area contributed by atoms with Gasteiger partial charge in [0.1, 0.15) is 6.10 Å². The Morgan fingerprint density at radius 3 is 2.94 bits per heavy atom. The van der Waals surface area contributed by atoms with Crippen LogP contribution in [0.25, 0.3) is 0 Å². The molecule has 3 atom stereocenters. The van der Waals surface area contributed by atoms with Gasteiger partial charge in [-0.25, -0.2) is 4.68 Å². The molecule has 2 rings (SSSR count). The average Bonchev–Trinajstić information content (AvgIpc) is 2.86. The maximum atomic E-state index is 10.6. The molecule has 0 saturated carbocycles. The number of thioether (sulfide) groups is 2. The van der Waals surface area contributed by atoms with Gasteiger partial charge in [0.05, 0.1) is 11.9 Å². The largest absolute Gasteiger partial charge is 0.386 e. The van der Waals surface area contributed by atoms with E-state index in [1.165, 1.54) is 5.75 Å². The first-order chi connectivity index (χ1) is 8.77. The smallest absolute Gasteiger partial charge is 0.110 e. The highest BCUT2D eigenvalue weighted by atomic mass is 32.2. The highest BCUT2D eigenvalue weighted by Crippen LogP contribution is 2.39. The lowest BCUT2D eigenvalue weighted by molar-refractivity contribution is 0.161. The van der Waals surface area contributed by atoms with Gasteiger partial charge in [-0.15, -0.1) is 5.10 Å². The topological polar surface area (TPSA) is 50.9 Å². The average molecular weight is 287 g/mol. The molecule has 6 heteroatoms. The van der Waals surface area contributed by atoms with Crippen molar-refractivity contribution in [2.75, 3.05) is 11.5 Å². The van der Waals surface area contributed by atoms with E-state index in [2.05, 4.69) is 24.2 Å². The Labute approximate surface area is 117 Å². The van der Waals surface area contributed by atoms with E-state index < -0.39 is 6.10 Å². The van der Waals surface area contributed by atoms with Crippen LogP contribution in [0.5, 0.6) is 0 Å². The fourth-order valence-corrected chi connectivity index (χ4v) is 5.40. The minimum absolute atomic E-state index is 0.267. The van der Waals surface area contributed by atoms with Crippen LogP contribution in [0, 0.1) is 0 Å². The molecule has 1 aromatic rings. The minimum atomic E-state index is -0.450. The van der Waals surface area contributed by atoms with Crippen molar-refractivity contribution in [3.05, 3.63) is 11.9 Å². The van der Waals surface area contributed by atoms with Crippen LogP contribution >= 0.6 is 23.5 Å².